The molecule has 28 heavy (non-hydrogen) atoms. The fourth-order valence-electron chi connectivity index (χ4n) is 3.25. The summed E-state index contributed by atoms with van der Waals surface area (Å²) in [5.74, 6) is 0. The fourth-order valence-corrected chi connectivity index (χ4v) is 3.60. The van der Waals surface area contributed by atoms with Crippen LogP contribution in [-0.2, 0) is 0 Å². The maximum atomic E-state index is 13.1. The van der Waals surface area contributed by atoms with Gasteiger partial charge in [0.2, 0.25) is 0 Å². The number of pyridine rings is 1. The molecule has 0 fully saturated rings. The highest BCUT2D eigenvalue weighted by atomic mass is 32.2. The molecule has 4 aromatic rings. The van der Waals surface area contributed by atoms with Crippen molar-refractivity contribution in [1.82, 2.24) is 14.5 Å². The van der Waals surface area contributed by atoms with Gasteiger partial charge in [-0.1, -0.05) is 72.4 Å². The molecule has 4 nitrogen and oxygen atoms in total. The third-order valence-electron chi connectivity index (χ3n) is 4.57. The molecular formula is C23H19N3OS. The summed E-state index contributed by atoms with van der Waals surface area (Å²) in [5.41, 5.74) is 3.60. The van der Waals surface area contributed by atoms with Gasteiger partial charge in [0.25, 0.3) is 5.56 Å². The van der Waals surface area contributed by atoms with Gasteiger partial charge in [0, 0.05) is 24.0 Å². The molecule has 0 bridgehead atoms. The number of thioether (sulfide) groups is 1. The van der Waals surface area contributed by atoms with Crippen LogP contribution in [-0.4, -0.2) is 20.8 Å². The summed E-state index contributed by atoms with van der Waals surface area (Å²) >= 11 is 1.48. The highest BCUT2D eigenvalue weighted by Crippen LogP contribution is 2.26. The van der Waals surface area contributed by atoms with Crippen molar-refractivity contribution in [3.05, 3.63) is 113 Å². The van der Waals surface area contributed by atoms with Crippen molar-refractivity contribution in [3.63, 3.8) is 0 Å². The van der Waals surface area contributed by atoms with Crippen molar-refractivity contribution < 1.29 is 0 Å². The van der Waals surface area contributed by atoms with Gasteiger partial charge in [-0.2, -0.15) is 0 Å². The van der Waals surface area contributed by atoms with Crippen molar-refractivity contribution in [2.45, 2.75) is 11.2 Å². The lowest BCUT2D eigenvalue weighted by Gasteiger charge is -2.21. The van der Waals surface area contributed by atoms with Crippen molar-refractivity contribution in [1.29, 1.82) is 0 Å². The van der Waals surface area contributed by atoms with Crippen molar-refractivity contribution in [2.24, 2.45) is 0 Å². The SMILES string of the molecule is CSc1nccc(-c2ccn(C(c3ccccc3)c3ccccc3)c(=O)c2)n1. The number of nitrogens with zero attached hydrogens (tertiary/aromatic N) is 3. The van der Waals surface area contributed by atoms with Crippen LogP contribution in [0.5, 0.6) is 0 Å². The summed E-state index contributed by atoms with van der Waals surface area (Å²) in [7, 11) is 0. The van der Waals surface area contributed by atoms with Gasteiger partial charge >= 0.3 is 0 Å². The van der Waals surface area contributed by atoms with Crippen LogP contribution < -0.4 is 5.56 Å². The zero-order chi connectivity index (χ0) is 19.3. The Hall–Kier alpha value is -3.18. The molecule has 5 heteroatoms. The van der Waals surface area contributed by atoms with E-state index in [1.54, 1.807) is 16.8 Å². The second kappa shape index (κ2) is 8.23. The highest BCUT2D eigenvalue weighted by Gasteiger charge is 2.17. The second-order valence-electron chi connectivity index (χ2n) is 6.31. The van der Waals surface area contributed by atoms with Crippen LogP contribution in [0.4, 0.5) is 0 Å². The summed E-state index contributed by atoms with van der Waals surface area (Å²) < 4.78 is 1.77. The fraction of sp³-hybridized carbons (Fsp3) is 0.0870. The number of benzene rings is 2. The maximum absolute atomic E-state index is 13.1. The van der Waals surface area contributed by atoms with E-state index in [0.717, 1.165) is 22.4 Å². The van der Waals surface area contributed by atoms with Gasteiger partial charge in [-0.15, -0.1) is 0 Å². The van der Waals surface area contributed by atoms with Gasteiger partial charge in [-0.3, -0.25) is 4.79 Å². The summed E-state index contributed by atoms with van der Waals surface area (Å²) in [6, 6.07) is 25.4. The molecule has 0 N–H and O–H groups in total. The number of hydrogen-bond donors (Lipinski definition) is 0. The van der Waals surface area contributed by atoms with E-state index < -0.39 is 0 Å². The van der Waals surface area contributed by atoms with Crippen LogP contribution in [0, 0.1) is 0 Å². The summed E-state index contributed by atoms with van der Waals surface area (Å²) in [4.78, 5) is 21.8. The molecule has 4 rings (SSSR count). The zero-order valence-electron chi connectivity index (χ0n) is 15.4. The topological polar surface area (TPSA) is 47.8 Å². The van der Waals surface area contributed by atoms with E-state index in [0.29, 0.717) is 5.16 Å². The number of rotatable bonds is 5. The van der Waals surface area contributed by atoms with Crippen molar-refractivity contribution >= 4 is 11.8 Å². The van der Waals surface area contributed by atoms with Crippen molar-refractivity contribution in [3.8, 4) is 11.3 Å². The number of aromatic nitrogens is 3. The van der Waals surface area contributed by atoms with Gasteiger partial charge in [-0.25, -0.2) is 9.97 Å². The van der Waals surface area contributed by atoms with E-state index in [4.69, 9.17) is 0 Å². The monoisotopic (exact) mass is 385 g/mol. The van der Waals surface area contributed by atoms with Crippen LogP contribution in [0.1, 0.15) is 17.2 Å². The van der Waals surface area contributed by atoms with Crippen LogP contribution in [0.2, 0.25) is 0 Å². The van der Waals surface area contributed by atoms with E-state index >= 15 is 0 Å². The smallest absolute Gasteiger partial charge is 0.252 e. The average Bonchev–Trinajstić information content (AvgIpc) is 2.76. The predicted octanol–water partition coefficient (Wildman–Crippen LogP) is 4.66. The Bertz CT molecular complexity index is 1090. The number of hydrogen-bond acceptors (Lipinski definition) is 4. The summed E-state index contributed by atoms with van der Waals surface area (Å²) in [6.07, 6.45) is 5.50. The maximum Gasteiger partial charge on any atom is 0.252 e. The summed E-state index contributed by atoms with van der Waals surface area (Å²) in [5, 5.41) is 0.688. The molecular weight excluding hydrogens is 366 g/mol. The van der Waals surface area contributed by atoms with Crippen LogP contribution in [0.3, 0.4) is 0 Å². The molecule has 0 saturated heterocycles. The minimum Gasteiger partial charge on any atom is -0.304 e. The van der Waals surface area contributed by atoms with Crippen molar-refractivity contribution in [2.75, 3.05) is 6.26 Å². The summed E-state index contributed by atoms with van der Waals surface area (Å²) in [6.45, 7) is 0. The molecule has 2 aromatic heterocycles. The largest absolute Gasteiger partial charge is 0.304 e. The highest BCUT2D eigenvalue weighted by molar-refractivity contribution is 7.98. The van der Waals surface area contributed by atoms with Gasteiger partial charge in [0.05, 0.1) is 11.7 Å². The molecule has 2 aromatic carbocycles. The van der Waals surface area contributed by atoms with Crippen LogP contribution in [0.15, 0.2) is 101 Å². The minimum absolute atomic E-state index is 0.0699. The third kappa shape index (κ3) is 3.75. The van der Waals surface area contributed by atoms with E-state index in [1.165, 1.54) is 11.8 Å². The Morgan fingerprint density at radius 1 is 0.893 bits per heavy atom. The Morgan fingerprint density at radius 2 is 1.54 bits per heavy atom. The minimum atomic E-state index is -0.184. The lowest BCUT2D eigenvalue weighted by Crippen LogP contribution is -2.25. The first-order valence-corrected chi connectivity index (χ1v) is 10.2. The van der Waals surface area contributed by atoms with Gasteiger partial charge < -0.3 is 4.57 Å². The Morgan fingerprint density at radius 3 is 2.11 bits per heavy atom. The first-order valence-electron chi connectivity index (χ1n) is 8.96. The van der Waals surface area contributed by atoms with Gasteiger partial charge in [0.15, 0.2) is 5.16 Å². The van der Waals surface area contributed by atoms with E-state index in [1.807, 2.05) is 85.2 Å². The Kier molecular flexibility index (Phi) is 5.35. The molecule has 0 aliphatic rings. The van der Waals surface area contributed by atoms with Gasteiger partial charge in [0.1, 0.15) is 0 Å². The second-order valence-corrected chi connectivity index (χ2v) is 7.09. The zero-order valence-corrected chi connectivity index (χ0v) is 16.2. The van der Waals surface area contributed by atoms with Gasteiger partial charge in [-0.05, 0) is 29.5 Å². The molecule has 2 heterocycles. The molecule has 0 amide bonds. The molecule has 138 valence electrons. The molecule has 0 atom stereocenters. The molecule has 0 aliphatic heterocycles. The Balaban J connectivity index is 1.81. The first-order chi connectivity index (χ1) is 13.8. The van der Waals surface area contributed by atoms with Crippen LogP contribution >= 0.6 is 11.8 Å². The molecule has 0 aliphatic carbocycles. The molecule has 0 saturated carbocycles. The standard InChI is InChI=1S/C23H19N3OS/c1-28-23-24-14-12-20(25-23)19-13-15-26(21(27)16-19)22(17-8-4-2-5-9-17)18-10-6-3-7-11-18/h2-16,22H,1H3. The molecule has 0 spiro atoms. The quantitative estimate of drug-likeness (QED) is 0.370. The predicted molar refractivity (Wildman–Crippen MR) is 114 cm³/mol. The van der Waals surface area contributed by atoms with E-state index in [2.05, 4.69) is 9.97 Å². The first kappa shape index (κ1) is 18.2. The molecule has 0 unspecified atom stereocenters. The van der Waals surface area contributed by atoms with E-state index in [-0.39, 0.29) is 11.6 Å². The molecule has 0 radical (unpaired) electrons. The normalized spacial score (nSPS) is 10.9. The Labute approximate surface area is 167 Å². The lowest BCUT2D eigenvalue weighted by molar-refractivity contribution is 0.651. The average molecular weight is 385 g/mol. The van der Waals surface area contributed by atoms with E-state index in [9.17, 15) is 4.79 Å². The lowest BCUT2D eigenvalue weighted by atomic mass is 9.98. The third-order valence-corrected chi connectivity index (χ3v) is 5.13. The van der Waals surface area contributed by atoms with Crippen LogP contribution in [0.25, 0.3) is 11.3 Å².